The number of amides is 2. The fourth-order valence-electron chi connectivity index (χ4n) is 3.30. The second-order valence-electron chi connectivity index (χ2n) is 7.20. The fourth-order valence-corrected chi connectivity index (χ4v) is 3.82. The molecule has 0 aliphatic carbocycles. The summed E-state index contributed by atoms with van der Waals surface area (Å²) in [6, 6.07) is 9.47. The number of carbonyl (C=O) groups excluding carboxylic acids is 2. The molecule has 0 radical (unpaired) electrons. The van der Waals surface area contributed by atoms with E-state index in [0.29, 0.717) is 31.6 Å². The molecule has 0 aromatic heterocycles. The van der Waals surface area contributed by atoms with Gasteiger partial charge in [0.05, 0.1) is 10.5 Å². The summed E-state index contributed by atoms with van der Waals surface area (Å²) in [5, 5.41) is 7.74. The summed E-state index contributed by atoms with van der Waals surface area (Å²) in [4.78, 5) is 26.4. The van der Waals surface area contributed by atoms with Crippen LogP contribution in [0.3, 0.4) is 0 Å². The maximum absolute atomic E-state index is 12.7. The van der Waals surface area contributed by atoms with Crippen LogP contribution in [0.5, 0.6) is 0 Å². The summed E-state index contributed by atoms with van der Waals surface area (Å²) >= 11 is 0. The second-order valence-corrected chi connectivity index (χ2v) is 8.76. The van der Waals surface area contributed by atoms with E-state index in [9.17, 15) is 31.2 Å². The zero-order chi connectivity index (χ0) is 22.8. The molecule has 2 aromatic carbocycles. The predicted molar refractivity (Wildman–Crippen MR) is 107 cm³/mol. The number of alkyl halides is 3. The highest BCUT2D eigenvalue weighted by Gasteiger charge is 2.31. The van der Waals surface area contributed by atoms with Gasteiger partial charge in [-0.1, -0.05) is 0 Å². The van der Waals surface area contributed by atoms with Crippen LogP contribution in [-0.4, -0.2) is 38.2 Å². The van der Waals surface area contributed by atoms with Crippen molar-refractivity contribution in [3.63, 3.8) is 0 Å². The van der Waals surface area contributed by atoms with Gasteiger partial charge in [-0.15, -0.1) is 0 Å². The van der Waals surface area contributed by atoms with Crippen molar-refractivity contribution in [3.8, 4) is 0 Å². The third kappa shape index (κ3) is 5.61. The number of primary sulfonamides is 1. The Kier molecular flexibility index (Phi) is 6.37. The van der Waals surface area contributed by atoms with Crippen LogP contribution in [0.25, 0.3) is 0 Å². The molecule has 166 valence electrons. The molecule has 31 heavy (non-hydrogen) atoms. The van der Waals surface area contributed by atoms with Gasteiger partial charge in [-0.05, 0) is 61.4 Å². The van der Waals surface area contributed by atoms with Gasteiger partial charge in [-0.25, -0.2) is 13.6 Å². The highest BCUT2D eigenvalue weighted by atomic mass is 32.2. The zero-order valence-electron chi connectivity index (χ0n) is 16.2. The van der Waals surface area contributed by atoms with Crippen LogP contribution in [-0.2, 0) is 21.0 Å². The number of piperidine rings is 1. The Labute approximate surface area is 177 Å². The predicted octanol–water partition coefficient (Wildman–Crippen LogP) is 2.84. The van der Waals surface area contributed by atoms with Gasteiger partial charge in [0, 0.05) is 30.3 Å². The van der Waals surface area contributed by atoms with Crippen LogP contribution in [0.15, 0.2) is 53.4 Å². The van der Waals surface area contributed by atoms with E-state index in [1.54, 1.807) is 0 Å². The SMILES string of the molecule is NS(=O)(=O)c1ccc(NC(=O)C2CCN(C(=O)c3ccc(C(F)(F)F)cc3)CC2)cc1. The second kappa shape index (κ2) is 8.67. The first-order valence-electron chi connectivity index (χ1n) is 9.35. The van der Waals surface area contributed by atoms with E-state index in [2.05, 4.69) is 5.32 Å². The largest absolute Gasteiger partial charge is 0.416 e. The molecular formula is C20H20F3N3O4S. The molecule has 1 saturated heterocycles. The van der Waals surface area contributed by atoms with Gasteiger partial charge >= 0.3 is 6.18 Å². The maximum atomic E-state index is 12.7. The number of carbonyl (C=O) groups is 2. The molecule has 2 amide bonds. The lowest BCUT2D eigenvalue weighted by Crippen LogP contribution is -2.41. The smallest absolute Gasteiger partial charge is 0.339 e. The topological polar surface area (TPSA) is 110 Å². The molecule has 11 heteroatoms. The number of anilines is 1. The molecule has 0 saturated carbocycles. The molecule has 1 heterocycles. The molecule has 0 spiro atoms. The minimum atomic E-state index is -4.47. The number of benzene rings is 2. The molecular weight excluding hydrogens is 435 g/mol. The molecule has 3 rings (SSSR count). The van der Waals surface area contributed by atoms with E-state index in [1.165, 1.54) is 29.2 Å². The third-order valence-corrected chi connectivity index (χ3v) is 5.99. The van der Waals surface area contributed by atoms with Gasteiger partial charge in [0.1, 0.15) is 0 Å². The van der Waals surface area contributed by atoms with Gasteiger partial charge in [0.25, 0.3) is 5.91 Å². The minimum absolute atomic E-state index is 0.0689. The lowest BCUT2D eigenvalue weighted by atomic mass is 9.95. The molecule has 0 bridgehead atoms. The summed E-state index contributed by atoms with van der Waals surface area (Å²) in [5.74, 6) is -0.995. The normalized spacial score (nSPS) is 15.5. The van der Waals surface area contributed by atoms with E-state index in [-0.39, 0.29) is 28.2 Å². The molecule has 2 aromatic rings. The minimum Gasteiger partial charge on any atom is -0.339 e. The number of hydrogen-bond donors (Lipinski definition) is 2. The molecule has 0 atom stereocenters. The van der Waals surface area contributed by atoms with E-state index in [4.69, 9.17) is 5.14 Å². The lowest BCUT2D eigenvalue weighted by Gasteiger charge is -2.31. The van der Waals surface area contributed by atoms with Crippen LogP contribution >= 0.6 is 0 Å². The number of nitrogens with one attached hydrogen (secondary N) is 1. The van der Waals surface area contributed by atoms with Crippen LogP contribution in [0.1, 0.15) is 28.8 Å². The Morgan fingerprint density at radius 1 is 0.968 bits per heavy atom. The molecule has 0 unspecified atom stereocenters. The van der Waals surface area contributed by atoms with Crippen molar-refractivity contribution in [1.29, 1.82) is 0 Å². The van der Waals surface area contributed by atoms with Crippen molar-refractivity contribution >= 4 is 27.5 Å². The van der Waals surface area contributed by atoms with Crippen molar-refractivity contribution in [2.45, 2.75) is 23.9 Å². The number of sulfonamides is 1. The Bertz CT molecular complexity index is 1060. The van der Waals surface area contributed by atoms with Crippen molar-refractivity contribution < 1.29 is 31.2 Å². The Morgan fingerprint density at radius 2 is 1.52 bits per heavy atom. The zero-order valence-corrected chi connectivity index (χ0v) is 17.0. The highest BCUT2D eigenvalue weighted by molar-refractivity contribution is 7.89. The molecule has 3 N–H and O–H groups in total. The van der Waals surface area contributed by atoms with Crippen molar-refractivity contribution in [2.24, 2.45) is 11.1 Å². The van der Waals surface area contributed by atoms with Crippen molar-refractivity contribution in [1.82, 2.24) is 4.90 Å². The average Bonchev–Trinajstić information content (AvgIpc) is 2.72. The monoisotopic (exact) mass is 455 g/mol. The van der Waals surface area contributed by atoms with E-state index >= 15 is 0 Å². The summed E-state index contributed by atoms with van der Waals surface area (Å²) in [6.45, 7) is 0.588. The number of likely N-dealkylation sites (tertiary alicyclic amines) is 1. The summed E-state index contributed by atoms with van der Waals surface area (Å²) in [6.07, 6.45) is -3.67. The van der Waals surface area contributed by atoms with Crippen LogP contribution in [0, 0.1) is 5.92 Å². The first-order valence-corrected chi connectivity index (χ1v) is 10.9. The fraction of sp³-hybridized carbons (Fsp3) is 0.300. The van der Waals surface area contributed by atoms with Crippen molar-refractivity contribution in [3.05, 3.63) is 59.7 Å². The first-order chi connectivity index (χ1) is 14.4. The van der Waals surface area contributed by atoms with Gasteiger partial charge in [-0.2, -0.15) is 13.2 Å². The Hall–Kier alpha value is -2.92. The van der Waals surface area contributed by atoms with Crippen LogP contribution in [0.2, 0.25) is 0 Å². The summed E-state index contributed by atoms with van der Waals surface area (Å²) < 4.78 is 60.5. The van der Waals surface area contributed by atoms with Gasteiger partial charge in [0.2, 0.25) is 15.9 Å². The quantitative estimate of drug-likeness (QED) is 0.739. The highest BCUT2D eigenvalue weighted by Crippen LogP contribution is 2.29. The lowest BCUT2D eigenvalue weighted by molar-refractivity contribution is -0.137. The molecule has 1 aliphatic rings. The van der Waals surface area contributed by atoms with Crippen LogP contribution in [0.4, 0.5) is 18.9 Å². The number of nitrogens with two attached hydrogens (primary N) is 1. The molecule has 7 nitrogen and oxygen atoms in total. The van der Waals surface area contributed by atoms with E-state index in [0.717, 1.165) is 24.3 Å². The Balaban J connectivity index is 1.55. The first kappa shape index (κ1) is 22.8. The van der Waals surface area contributed by atoms with Crippen LogP contribution < -0.4 is 10.5 Å². The number of hydrogen-bond acceptors (Lipinski definition) is 4. The van der Waals surface area contributed by atoms with Gasteiger partial charge < -0.3 is 10.2 Å². The maximum Gasteiger partial charge on any atom is 0.416 e. The van der Waals surface area contributed by atoms with Gasteiger partial charge in [0.15, 0.2) is 0 Å². The number of rotatable bonds is 4. The third-order valence-electron chi connectivity index (χ3n) is 5.06. The number of nitrogens with zero attached hydrogens (tertiary/aromatic N) is 1. The van der Waals surface area contributed by atoms with E-state index < -0.39 is 21.8 Å². The molecule has 1 fully saturated rings. The average molecular weight is 455 g/mol. The standard InChI is InChI=1S/C20H20F3N3O4S/c21-20(22,23)15-3-1-14(2-4-15)19(28)26-11-9-13(10-12-26)18(27)25-16-5-7-17(8-6-16)31(24,29)30/h1-8,13H,9-12H2,(H,25,27)(H2,24,29,30). The summed E-state index contributed by atoms with van der Waals surface area (Å²) in [7, 11) is -3.82. The van der Waals surface area contributed by atoms with Crippen molar-refractivity contribution in [2.75, 3.05) is 18.4 Å². The Morgan fingerprint density at radius 3 is 2.00 bits per heavy atom. The van der Waals surface area contributed by atoms with Gasteiger partial charge in [-0.3, -0.25) is 9.59 Å². The number of halogens is 3. The molecule has 1 aliphatic heterocycles. The van der Waals surface area contributed by atoms with E-state index in [1.807, 2.05) is 0 Å². The summed E-state index contributed by atoms with van der Waals surface area (Å²) in [5.41, 5.74) is -0.247.